The summed E-state index contributed by atoms with van der Waals surface area (Å²) in [6.07, 6.45) is 4.24. The lowest BCUT2D eigenvalue weighted by atomic mass is 10.1. The first kappa shape index (κ1) is 17.9. The fourth-order valence-electron chi connectivity index (χ4n) is 3.35. The van der Waals surface area contributed by atoms with Crippen LogP contribution in [0.25, 0.3) is 11.5 Å². The quantitative estimate of drug-likeness (QED) is 0.692. The van der Waals surface area contributed by atoms with Crippen molar-refractivity contribution in [3.05, 3.63) is 58.4 Å². The minimum atomic E-state index is 0.0524. The molecule has 1 fully saturated rings. The molecule has 0 saturated carbocycles. The van der Waals surface area contributed by atoms with Crippen molar-refractivity contribution < 1.29 is 9.21 Å². The van der Waals surface area contributed by atoms with Crippen molar-refractivity contribution in [2.45, 2.75) is 19.9 Å². The fourth-order valence-corrected chi connectivity index (χ4v) is 3.95. The molecule has 6 nitrogen and oxygen atoms in total. The minimum Gasteiger partial charge on any atom is -0.463 e. The van der Waals surface area contributed by atoms with Crippen LogP contribution in [0.3, 0.4) is 0 Å². The van der Waals surface area contributed by atoms with E-state index in [1.54, 1.807) is 29.9 Å². The zero-order chi connectivity index (χ0) is 18.6. The van der Waals surface area contributed by atoms with Crippen LogP contribution >= 0.6 is 11.3 Å². The van der Waals surface area contributed by atoms with Crippen molar-refractivity contribution in [1.29, 1.82) is 0 Å². The predicted octanol–water partition coefficient (Wildman–Crippen LogP) is 3.45. The molecule has 140 valence electrons. The van der Waals surface area contributed by atoms with E-state index in [0.717, 1.165) is 49.8 Å². The number of nitrogens with zero attached hydrogens (tertiary/aromatic N) is 4. The molecule has 1 aliphatic heterocycles. The van der Waals surface area contributed by atoms with Crippen molar-refractivity contribution in [1.82, 2.24) is 19.8 Å². The Morgan fingerprint density at radius 1 is 1.26 bits per heavy atom. The standard InChI is InChI=1S/C20H22N4O2S/c1-15-22-17(14-27-15)13-23-7-3-8-24(10-9-23)20(25)16-5-6-21-18(12-16)19-4-2-11-26-19/h2,4-6,11-12,14H,3,7-10,13H2,1H3. The van der Waals surface area contributed by atoms with Crippen molar-refractivity contribution in [2.75, 3.05) is 26.2 Å². The summed E-state index contributed by atoms with van der Waals surface area (Å²) in [6.45, 7) is 6.21. The van der Waals surface area contributed by atoms with Crippen molar-refractivity contribution in [3.63, 3.8) is 0 Å². The average Bonchev–Trinajstić information content (AvgIpc) is 3.30. The molecule has 0 spiro atoms. The number of hydrogen-bond donors (Lipinski definition) is 0. The average molecular weight is 382 g/mol. The van der Waals surface area contributed by atoms with Crippen molar-refractivity contribution >= 4 is 17.2 Å². The van der Waals surface area contributed by atoms with Crippen LogP contribution in [0.4, 0.5) is 0 Å². The van der Waals surface area contributed by atoms with Gasteiger partial charge in [0.1, 0.15) is 5.69 Å². The molecule has 1 saturated heterocycles. The largest absolute Gasteiger partial charge is 0.463 e. The third-order valence-corrected chi connectivity index (χ3v) is 5.53. The first-order valence-corrected chi connectivity index (χ1v) is 9.99. The zero-order valence-corrected chi connectivity index (χ0v) is 16.1. The Bertz CT molecular complexity index is 906. The third kappa shape index (κ3) is 4.26. The smallest absolute Gasteiger partial charge is 0.254 e. The molecule has 7 heteroatoms. The highest BCUT2D eigenvalue weighted by Gasteiger charge is 2.21. The van der Waals surface area contributed by atoms with E-state index in [1.165, 1.54) is 0 Å². The van der Waals surface area contributed by atoms with E-state index < -0.39 is 0 Å². The summed E-state index contributed by atoms with van der Waals surface area (Å²) in [6, 6.07) is 7.25. The summed E-state index contributed by atoms with van der Waals surface area (Å²) in [5.41, 5.74) is 2.45. The Balaban J connectivity index is 1.41. The Morgan fingerprint density at radius 2 is 2.19 bits per heavy atom. The van der Waals surface area contributed by atoms with E-state index in [2.05, 4.69) is 20.2 Å². The van der Waals surface area contributed by atoms with E-state index >= 15 is 0 Å². The number of aryl methyl sites for hydroxylation is 1. The second-order valence-electron chi connectivity index (χ2n) is 6.69. The Morgan fingerprint density at radius 3 is 2.96 bits per heavy atom. The zero-order valence-electron chi connectivity index (χ0n) is 15.3. The molecule has 0 unspecified atom stereocenters. The number of thiazole rings is 1. The highest BCUT2D eigenvalue weighted by molar-refractivity contribution is 7.09. The van der Waals surface area contributed by atoms with Gasteiger partial charge >= 0.3 is 0 Å². The first-order valence-electron chi connectivity index (χ1n) is 9.11. The van der Waals surface area contributed by atoms with Gasteiger partial charge in [-0.1, -0.05) is 0 Å². The number of carbonyl (C=O) groups is 1. The Kier molecular flexibility index (Phi) is 5.31. The Labute approximate surface area is 162 Å². The van der Waals surface area contributed by atoms with Crippen LogP contribution in [0.1, 0.15) is 27.5 Å². The molecule has 4 heterocycles. The van der Waals surface area contributed by atoms with E-state index in [-0.39, 0.29) is 5.91 Å². The Hall–Kier alpha value is -2.51. The predicted molar refractivity (Wildman–Crippen MR) is 105 cm³/mol. The van der Waals surface area contributed by atoms with E-state index in [9.17, 15) is 4.79 Å². The monoisotopic (exact) mass is 382 g/mol. The van der Waals surface area contributed by atoms with Crippen molar-refractivity contribution in [2.24, 2.45) is 0 Å². The molecular weight excluding hydrogens is 360 g/mol. The molecular formula is C20H22N4O2S. The third-order valence-electron chi connectivity index (χ3n) is 4.71. The number of carbonyl (C=O) groups excluding carboxylic acids is 1. The number of rotatable bonds is 4. The molecule has 1 amide bonds. The molecule has 0 N–H and O–H groups in total. The van der Waals surface area contributed by atoms with Gasteiger partial charge in [0.25, 0.3) is 5.91 Å². The summed E-state index contributed by atoms with van der Waals surface area (Å²) in [5, 5.41) is 3.22. The lowest BCUT2D eigenvalue weighted by Crippen LogP contribution is -2.35. The fraction of sp³-hybridized carbons (Fsp3) is 0.350. The molecule has 0 atom stereocenters. The summed E-state index contributed by atoms with van der Waals surface area (Å²) >= 11 is 1.69. The van der Waals surface area contributed by atoms with Crippen LogP contribution in [-0.4, -0.2) is 51.9 Å². The molecule has 3 aromatic rings. The molecule has 1 aliphatic rings. The minimum absolute atomic E-state index is 0.0524. The van der Waals surface area contributed by atoms with Gasteiger partial charge in [-0.3, -0.25) is 14.7 Å². The normalized spacial score (nSPS) is 15.7. The van der Waals surface area contributed by atoms with Gasteiger partial charge in [-0.15, -0.1) is 11.3 Å². The van der Waals surface area contributed by atoms with Crippen LogP contribution in [-0.2, 0) is 6.54 Å². The van der Waals surface area contributed by atoms with E-state index in [0.29, 0.717) is 17.0 Å². The van der Waals surface area contributed by atoms with Gasteiger partial charge in [-0.05, 0) is 37.6 Å². The maximum Gasteiger partial charge on any atom is 0.254 e. The van der Waals surface area contributed by atoms with Crippen LogP contribution in [0.2, 0.25) is 0 Å². The van der Waals surface area contributed by atoms with Crippen LogP contribution < -0.4 is 0 Å². The first-order chi connectivity index (χ1) is 13.2. The van der Waals surface area contributed by atoms with Gasteiger partial charge in [0.15, 0.2) is 5.76 Å². The number of pyridine rings is 1. The lowest BCUT2D eigenvalue weighted by Gasteiger charge is -2.21. The van der Waals surface area contributed by atoms with Gasteiger partial charge in [0, 0.05) is 49.9 Å². The molecule has 4 rings (SSSR count). The van der Waals surface area contributed by atoms with E-state index in [1.807, 2.05) is 30.0 Å². The van der Waals surface area contributed by atoms with Crippen LogP contribution in [0.5, 0.6) is 0 Å². The molecule has 0 radical (unpaired) electrons. The molecule has 3 aromatic heterocycles. The second-order valence-corrected chi connectivity index (χ2v) is 7.75. The summed E-state index contributed by atoms with van der Waals surface area (Å²) in [5.74, 6) is 0.724. The SMILES string of the molecule is Cc1nc(CN2CCCN(C(=O)c3ccnc(-c4ccco4)c3)CC2)cs1. The summed E-state index contributed by atoms with van der Waals surface area (Å²) in [4.78, 5) is 26.2. The number of hydrogen-bond acceptors (Lipinski definition) is 6. The van der Waals surface area contributed by atoms with Gasteiger partial charge in [-0.2, -0.15) is 0 Å². The van der Waals surface area contributed by atoms with E-state index in [4.69, 9.17) is 4.42 Å². The molecule has 0 aliphatic carbocycles. The highest BCUT2D eigenvalue weighted by atomic mass is 32.1. The molecule has 0 aromatic carbocycles. The summed E-state index contributed by atoms with van der Waals surface area (Å²) < 4.78 is 5.39. The lowest BCUT2D eigenvalue weighted by molar-refractivity contribution is 0.0761. The highest BCUT2D eigenvalue weighted by Crippen LogP contribution is 2.19. The number of amides is 1. The second kappa shape index (κ2) is 8.02. The van der Waals surface area contributed by atoms with Gasteiger partial charge in [0.05, 0.1) is 17.0 Å². The van der Waals surface area contributed by atoms with Crippen molar-refractivity contribution in [3.8, 4) is 11.5 Å². The maximum atomic E-state index is 13.0. The van der Waals surface area contributed by atoms with Gasteiger partial charge in [-0.25, -0.2) is 4.98 Å². The molecule has 27 heavy (non-hydrogen) atoms. The van der Waals surface area contributed by atoms with Gasteiger partial charge in [0.2, 0.25) is 0 Å². The number of furan rings is 1. The topological polar surface area (TPSA) is 62.5 Å². The van der Waals surface area contributed by atoms with Crippen LogP contribution in [0, 0.1) is 6.92 Å². The van der Waals surface area contributed by atoms with Gasteiger partial charge < -0.3 is 9.32 Å². The van der Waals surface area contributed by atoms with Crippen LogP contribution in [0.15, 0.2) is 46.5 Å². The summed E-state index contributed by atoms with van der Waals surface area (Å²) in [7, 11) is 0. The maximum absolute atomic E-state index is 13.0. The number of aromatic nitrogens is 2. The molecule has 0 bridgehead atoms.